The van der Waals surface area contributed by atoms with Crippen molar-refractivity contribution < 1.29 is 28.6 Å². The van der Waals surface area contributed by atoms with Gasteiger partial charge >= 0.3 is 17.9 Å². The number of hydrogen-bond acceptors (Lipinski definition) is 6. The van der Waals surface area contributed by atoms with Crippen LogP contribution in [0.3, 0.4) is 0 Å². The second-order valence-corrected chi connectivity index (χ2v) is 20.2. The quantitative estimate of drug-likeness (QED) is 0.0262. The molecule has 0 amide bonds. The summed E-state index contributed by atoms with van der Waals surface area (Å²) in [6, 6.07) is 0. The summed E-state index contributed by atoms with van der Waals surface area (Å²) in [5.41, 5.74) is 0. The summed E-state index contributed by atoms with van der Waals surface area (Å²) < 4.78 is 16.9. The molecule has 6 heteroatoms. The minimum absolute atomic E-state index is 0.0724. The highest BCUT2D eigenvalue weighted by atomic mass is 16.6. The molecule has 0 unspecified atom stereocenters. The van der Waals surface area contributed by atoms with E-state index in [2.05, 4.69) is 57.2 Å². The first-order valence-corrected chi connectivity index (χ1v) is 30.0. The molecule has 0 fully saturated rings. The molecule has 1 atom stereocenters. The lowest BCUT2D eigenvalue weighted by molar-refractivity contribution is -0.167. The minimum atomic E-state index is -0.775. The summed E-state index contributed by atoms with van der Waals surface area (Å²) in [4.78, 5) is 38.2. The lowest BCUT2D eigenvalue weighted by Crippen LogP contribution is -2.30. The Hall–Kier alpha value is -2.37. The Kier molecular flexibility index (Phi) is 55.2. The van der Waals surface area contributed by atoms with Crippen molar-refractivity contribution in [3.63, 3.8) is 0 Å². The van der Waals surface area contributed by atoms with Gasteiger partial charge < -0.3 is 14.2 Å². The van der Waals surface area contributed by atoms with E-state index in [1.165, 1.54) is 186 Å². The molecule has 0 saturated carbocycles. The molecule has 0 heterocycles. The van der Waals surface area contributed by atoms with Crippen LogP contribution in [0.25, 0.3) is 0 Å². The Labute approximate surface area is 423 Å². The van der Waals surface area contributed by atoms with Crippen LogP contribution in [-0.2, 0) is 28.6 Å². The topological polar surface area (TPSA) is 78.9 Å². The van der Waals surface area contributed by atoms with Gasteiger partial charge in [0.15, 0.2) is 6.10 Å². The predicted octanol–water partition coefficient (Wildman–Crippen LogP) is 20.0. The molecule has 0 aromatic heterocycles. The van der Waals surface area contributed by atoms with E-state index in [9.17, 15) is 14.4 Å². The molecule has 68 heavy (non-hydrogen) atoms. The van der Waals surface area contributed by atoms with Crippen molar-refractivity contribution in [3.05, 3.63) is 36.5 Å². The van der Waals surface area contributed by atoms with Crippen LogP contribution in [0.15, 0.2) is 36.5 Å². The lowest BCUT2D eigenvalue weighted by atomic mass is 10.0. The van der Waals surface area contributed by atoms with Crippen LogP contribution in [0.5, 0.6) is 0 Å². The van der Waals surface area contributed by atoms with Crippen molar-refractivity contribution >= 4 is 17.9 Å². The van der Waals surface area contributed by atoms with Crippen LogP contribution >= 0.6 is 0 Å². The van der Waals surface area contributed by atoms with Gasteiger partial charge in [-0.2, -0.15) is 0 Å². The first kappa shape index (κ1) is 65.6. The zero-order valence-electron chi connectivity index (χ0n) is 45.6. The highest BCUT2D eigenvalue weighted by molar-refractivity contribution is 5.71. The van der Waals surface area contributed by atoms with Gasteiger partial charge in [-0.05, 0) is 51.4 Å². The SMILES string of the molecule is CC/C=C\C/C=C\C/C=C\CCCCCCCC(=O)OC[C@H](COC(=O)CCCCCCCCCCCCCCCCCCCC)OC(=O)CCCCCCCCCCCCCCCCCCC. The second-order valence-electron chi connectivity index (χ2n) is 20.2. The van der Waals surface area contributed by atoms with Crippen LogP contribution in [-0.4, -0.2) is 37.2 Å². The smallest absolute Gasteiger partial charge is 0.306 e. The standard InChI is InChI=1S/C62H114O6/c1-4-7-10-13-16-19-22-25-28-30-32-34-37-40-43-46-49-52-55-61(64)67-58-59(57-66-60(63)54-51-48-45-42-39-36-33-27-24-21-18-15-12-9-6-3)68-62(65)56-53-50-47-44-41-38-35-31-29-26-23-20-17-14-11-8-5-2/h9,12,18,21,27,33,59H,4-8,10-11,13-17,19-20,22-26,28-32,34-58H2,1-3H3/b12-9-,21-18-,33-27-/t59-/m1/s1. The van der Waals surface area contributed by atoms with E-state index in [-0.39, 0.29) is 31.1 Å². The summed E-state index contributed by atoms with van der Waals surface area (Å²) in [5, 5.41) is 0. The molecular formula is C62H114O6. The molecule has 0 aromatic carbocycles. The number of rotatable bonds is 55. The number of carbonyl (C=O) groups is 3. The summed E-state index contributed by atoms with van der Waals surface area (Å²) in [6.45, 7) is 6.57. The summed E-state index contributed by atoms with van der Waals surface area (Å²) in [5.74, 6) is -0.868. The molecule has 0 N–H and O–H groups in total. The maximum Gasteiger partial charge on any atom is 0.306 e. The highest BCUT2D eigenvalue weighted by Crippen LogP contribution is 2.17. The lowest BCUT2D eigenvalue weighted by Gasteiger charge is -2.18. The Bertz CT molecular complexity index is 1140. The summed E-state index contributed by atoms with van der Waals surface area (Å²) in [7, 11) is 0. The minimum Gasteiger partial charge on any atom is -0.462 e. The van der Waals surface area contributed by atoms with E-state index < -0.39 is 6.10 Å². The fourth-order valence-corrected chi connectivity index (χ4v) is 8.93. The van der Waals surface area contributed by atoms with Gasteiger partial charge in [-0.15, -0.1) is 0 Å². The van der Waals surface area contributed by atoms with Crippen molar-refractivity contribution in [1.82, 2.24) is 0 Å². The van der Waals surface area contributed by atoms with E-state index in [1.54, 1.807) is 0 Å². The van der Waals surface area contributed by atoms with Gasteiger partial charge in [0, 0.05) is 19.3 Å². The number of hydrogen-bond donors (Lipinski definition) is 0. The largest absolute Gasteiger partial charge is 0.462 e. The maximum absolute atomic E-state index is 12.9. The fourth-order valence-electron chi connectivity index (χ4n) is 8.93. The van der Waals surface area contributed by atoms with Gasteiger partial charge in [0.1, 0.15) is 13.2 Å². The van der Waals surface area contributed by atoms with Crippen LogP contribution in [0.1, 0.15) is 323 Å². The molecule has 0 bridgehead atoms. The molecule has 0 aliphatic carbocycles. The molecule has 0 aliphatic rings. The van der Waals surface area contributed by atoms with Gasteiger partial charge in [0.2, 0.25) is 0 Å². The van der Waals surface area contributed by atoms with Crippen molar-refractivity contribution in [2.75, 3.05) is 13.2 Å². The third-order valence-electron chi connectivity index (χ3n) is 13.4. The zero-order chi connectivity index (χ0) is 49.3. The Morgan fingerprint density at radius 2 is 0.574 bits per heavy atom. The van der Waals surface area contributed by atoms with Gasteiger partial charge in [-0.3, -0.25) is 14.4 Å². The van der Waals surface area contributed by atoms with Crippen LogP contribution in [0.4, 0.5) is 0 Å². The van der Waals surface area contributed by atoms with Gasteiger partial charge in [0.25, 0.3) is 0 Å². The predicted molar refractivity (Wildman–Crippen MR) is 293 cm³/mol. The van der Waals surface area contributed by atoms with E-state index >= 15 is 0 Å². The molecular weight excluding hydrogens is 841 g/mol. The summed E-state index contributed by atoms with van der Waals surface area (Å²) in [6.07, 6.45) is 68.5. The van der Waals surface area contributed by atoms with E-state index in [1.807, 2.05) is 0 Å². The Morgan fingerprint density at radius 1 is 0.309 bits per heavy atom. The third kappa shape index (κ3) is 54.6. The fraction of sp³-hybridized carbons (Fsp3) is 0.855. The van der Waals surface area contributed by atoms with Crippen molar-refractivity contribution in [2.24, 2.45) is 0 Å². The summed E-state index contributed by atoms with van der Waals surface area (Å²) >= 11 is 0. The second kappa shape index (κ2) is 57.2. The van der Waals surface area contributed by atoms with Gasteiger partial charge in [0.05, 0.1) is 0 Å². The Morgan fingerprint density at radius 3 is 0.897 bits per heavy atom. The van der Waals surface area contributed by atoms with Crippen LogP contribution < -0.4 is 0 Å². The average molecular weight is 956 g/mol. The molecule has 0 radical (unpaired) electrons. The number of esters is 3. The first-order chi connectivity index (χ1) is 33.5. The molecule has 0 aliphatic heterocycles. The highest BCUT2D eigenvalue weighted by Gasteiger charge is 2.19. The normalized spacial score (nSPS) is 12.2. The number of unbranched alkanes of at least 4 members (excludes halogenated alkanes) is 38. The Balaban J connectivity index is 4.33. The van der Waals surface area contributed by atoms with Crippen LogP contribution in [0, 0.1) is 0 Å². The molecule has 0 rings (SSSR count). The van der Waals surface area contributed by atoms with E-state index in [0.717, 1.165) is 96.3 Å². The number of ether oxygens (including phenoxy) is 3. The van der Waals surface area contributed by atoms with Gasteiger partial charge in [-0.25, -0.2) is 0 Å². The zero-order valence-corrected chi connectivity index (χ0v) is 45.6. The maximum atomic E-state index is 12.9. The molecule has 0 spiro atoms. The molecule has 0 aromatic rings. The monoisotopic (exact) mass is 955 g/mol. The number of allylic oxidation sites excluding steroid dienone is 6. The van der Waals surface area contributed by atoms with Gasteiger partial charge in [-0.1, -0.05) is 288 Å². The average Bonchev–Trinajstić information content (AvgIpc) is 3.34. The molecule has 0 saturated heterocycles. The van der Waals surface area contributed by atoms with Crippen LogP contribution in [0.2, 0.25) is 0 Å². The van der Waals surface area contributed by atoms with Crippen molar-refractivity contribution in [1.29, 1.82) is 0 Å². The van der Waals surface area contributed by atoms with E-state index in [4.69, 9.17) is 14.2 Å². The first-order valence-electron chi connectivity index (χ1n) is 30.0. The van der Waals surface area contributed by atoms with Crippen molar-refractivity contribution in [3.8, 4) is 0 Å². The van der Waals surface area contributed by atoms with Crippen molar-refractivity contribution in [2.45, 2.75) is 329 Å². The molecule has 398 valence electrons. The molecule has 6 nitrogen and oxygen atoms in total. The third-order valence-corrected chi connectivity index (χ3v) is 13.4. The number of carbonyl (C=O) groups excluding carboxylic acids is 3. The van der Waals surface area contributed by atoms with E-state index in [0.29, 0.717) is 19.3 Å².